The van der Waals surface area contributed by atoms with Crippen LogP contribution in [0.1, 0.15) is 44.1 Å². The molecule has 1 saturated carbocycles. The highest BCUT2D eigenvalue weighted by molar-refractivity contribution is 5.79. The van der Waals surface area contributed by atoms with Crippen LogP contribution in [0, 0.1) is 5.92 Å². The molecule has 2 N–H and O–H groups in total. The topological polar surface area (TPSA) is 57.5 Å². The van der Waals surface area contributed by atoms with Crippen molar-refractivity contribution in [1.29, 1.82) is 0 Å². The summed E-state index contributed by atoms with van der Waals surface area (Å²) in [5, 5.41) is 19.9. The predicted molar refractivity (Wildman–Crippen MR) is 78.3 cm³/mol. The number of aliphatic carboxylic acids is 1. The molecule has 1 fully saturated rings. The molecule has 1 aromatic carbocycles. The van der Waals surface area contributed by atoms with E-state index in [0.717, 1.165) is 37.3 Å². The van der Waals surface area contributed by atoms with E-state index in [1.807, 2.05) is 30.3 Å². The smallest absolute Gasteiger partial charge is 0.327 e. The lowest BCUT2D eigenvalue weighted by Gasteiger charge is -2.38. The van der Waals surface area contributed by atoms with E-state index >= 15 is 0 Å². The van der Waals surface area contributed by atoms with E-state index in [4.69, 9.17) is 5.11 Å². The number of carbonyl (C=O) groups is 1. The average Bonchev–Trinajstić information content (AvgIpc) is 2.48. The molecule has 0 bridgehead atoms. The number of hydrogen-bond acceptors (Lipinski definition) is 2. The van der Waals surface area contributed by atoms with E-state index in [1.54, 1.807) is 6.08 Å². The van der Waals surface area contributed by atoms with Gasteiger partial charge in [0.2, 0.25) is 0 Å². The second kappa shape index (κ2) is 6.71. The first-order valence-corrected chi connectivity index (χ1v) is 7.30. The Morgan fingerprint density at radius 1 is 1.20 bits per heavy atom. The van der Waals surface area contributed by atoms with Crippen LogP contribution in [0.3, 0.4) is 0 Å². The fourth-order valence-corrected chi connectivity index (χ4v) is 3.17. The number of hydrogen-bond donors (Lipinski definition) is 2. The van der Waals surface area contributed by atoms with Gasteiger partial charge in [-0.05, 0) is 30.7 Å². The van der Waals surface area contributed by atoms with Crippen LogP contribution in [-0.4, -0.2) is 16.2 Å². The Morgan fingerprint density at radius 2 is 1.85 bits per heavy atom. The molecule has 20 heavy (non-hydrogen) atoms. The van der Waals surface area contributed by atoms with Crippen molar-refractivity contribution in [2.75, 3.05) is 0 Å². The molecule has 1 unspecified atom stereocenters. The van der Waals surface area contributed by atoms with Gasteiger partial charge < -0.3 is 10.2 Å². The maximum atomic E-state index is 11.2. The maximum absolute atomic E-state index is 11.2. The Balaban J connectivity index is 2.24. The summed E-state index contributed by atoms with van der Waals surface area (Å²) in [6.45, 7) is 0. The second-order valence-corrected chi connectivity index (χ2v) is 5.57. The van der Waals surface area contributed by atoms with Gasteiger partial charge in [-0.2, -0.15) is 0 Å². The third-order valence-corrected chi connectivity index (χ3v) is 4.24. The monoisotopic (exact) mass is 274 g/mol. The van der Waals surface area contributed by atoms with Gasteiger partial charge in [-0.25, -0.2) is 4.79 Å². The molecule has 0 saturated heterocycles. The van der Waals surface area contributed by atoms with Crippen molar-refractivity contribution in [2.45, 2.75) is 44.1 Å². The van der Waals surface area contributed by atoms with Gasteiger partial charge in [0, 0.05) is 6.08 Å². The van der Waals surface area contributed by atoms with Crippen LogP contribution in [-0.2, 0) is 10.4 Å². The minimum Gasteiger partial charge on any atom is -0.478 e. The van der Waals surface area contributed by atoms with Crippen molar-refractivity contribution >= 4 is 5.97 Å². The van der Waals surface area contributed by atoms with Crippen molar-refractivity contribution in [2.24, 2.45) is 5.92 Å². The highest BCUT2D eigenvalue weighted by Gasteiger charge is 2.37. The van der Waals surface area contributed by atoms with Gasteiger partial charge in [-0.1, -0.05) is 55.7 Å². The first-order valence-electron chi connectivity index (χ1n) is 7.30. The Morgan fingerprint density at radius 3 is 2.45 bits per heavy atom. The molecule has 0 amide bonds. The van der Waals surface area contributed by atoms with Gasteiger partial charge in [-0.3, -0.25) is 0 Å². The number of aliphatic hydroxyl groups is 1. The standard InChI is InChI=1S/C17H22O3/c18-16(19)12-7-13-17(20,14-8-3-1-4-9-14)15-10-5-2-6-11-15/h1,3-4,7-9,12,15,20H,2,5-6,10-11,13H2,(H,18,19). The summed E-state index contributed by atoms with van der Waals surface area (Å²) in [7, 11) is 0. The van der Waals surface area contributed by atoms with Gasteiger partial charge in [0.1, 0.15) is 0 Å². The molecular weight excluding hydrogens is 252 g/mol. The first-order chi connectivity index (χ1) is 9.63. The van der Waals surface area contributed by atoms with E-state index in [-0.39, 0.29) is 5.92 Å². The Labute approximate surface area is 120 Å². The molecule has 0 heterocycles. The third kappa shape index (κ3) is 3.48. The molecule has 2 rings (SSSR count). The predicted octanol–water partition coefficient (Wildman–Crippen LogP) is 3.49. The van der Waals surface area contributed by atoms with E-state index in [2.05, 4.69) is 0 Å². The lowest BCUT2D eigenvalue weighted by Crippen LogP contribution is -2.36. The molecule has 108 valence electrons. The molecule has 1 atom stereocenters. The van der Waals surface area contributed by atoms with Crippen LogP contribution in [0.2, 0.25) is 0 Å². The number of carboxylic acids is 1. The molecule has 0 spiro atoms. The van der Waals surface area contributed by atoms with E-state index in [9.17, 15) is 9.90 Å². The molecule has 1 aliphatic carbocycles. The Bertz CT molecular complexity index is 460. The van der Waals surface area contributed by atoms with Crippen LogP contribution in [0.5, 0.6) is 0 Å². The van der Waals surface area contributed by atoms with Crippen molar-refractivity contribution in [3.05, 3.63) is 48.0 Å². The summed E-state index contributed by atoms with van der Waals surface area (Å²) in [5.41, 5.74) is -0.0601. The Hall–Kier alpha value is -1.61. The molecular formula is C17H22O3. The second-order valence-electron chi connectivity index (χ2n) is 5.57. The fourth-order valence-electron chi connectivity index (χ4n) is 3.17. The zero-order valence-electron chi connectivity index (χ0n) is 11.7. The van der Waals surface area contributed by atoms with Crippen LogP contribution < -0.4 is 0 Å². The number of carboxylic acid groups (broad SMARTS) is 1. The minimum atomic E-state index is -0.968. The van der Waals surface area contributed by atoms with Crippen molar-refractivity contribution in [3.8, 4) is 0 Å². The van der Waals surface area contributed by atoms with Gasteiger partial charge >= 0.3 is 5.97 Å². The largest absolute Gasteiger partial charge is 0.478 e. The summed E-state index contributed by atoms with van der Waals surface area (Å²) >= 11 is 0. The number of rotatable bonds is 5. The minimum absolute atomic E-state index is 0.206. The Kier molecular flexibility index (Phi) is 4.96. The number of benzene rings is 1. The zero-order chi connectivity index (χ0) is 14.4. The fraction of sp³-hybridized carbons (Fsp3) is 0.471. The highest BCUT2D eigenvalue weighted by Crippen LogP contribution is 2.41. The summed E-state index contributed by atoms with van der Waals surface area (Å²) < 4.78 is 0. The quantitative estimate of drug-likeness (QED) is 0.808. The van der Waals surface area contributed by atoms with Crippen LogP contribution >= 0.6 is 0 Å². The molecule has 3 nitrogen and oxygen atoms in total. The van der Waals surface area contributed by atoms with E-state index in [0.29, 0.717) is 6.42 Å². The highest BCUT2D eigenvalue weighted by atomic mass is 16.4. The van der Waals surface area contributed by atoms with Gasteiger partial charge in [0.25, 0.3) is 0 Å². The molecule has 3 heteroatoms. The molecule has 1 aromatic rings. The summed E-state index contributed by atoms with van der Waals surface area (Å²) in [6, 6.07) is 9.64. The van der Waals surface area contributed by atoms with Crippen molar-refractivity contribution < 1.29 is 15.0 Å². The lowest BCUT2D eigenvalue weighted by atomic mass is 9.72. The summed E-state index contributed by atoms with van der Waals surface area (Å²) in [4.78, 5) is 10.6. The SMILES string of the molecule is O=C(O)C=CCC(O)(c1ccccc1)C1CCCCC1. The van der Waals surface area contributed by atoms with Gasteiger partial charge in [0.05, 0.1) is 5.60 Å². The van der Waals surface area contributed by atoms with E-state index in [1.165, 1.54) is 6.42 Å². The van der Waals surface area contributed by atoms with Gasteiger partial charge in [-0.15, -0.1) is 0 Å². The molecule has 0 radical (unpaired) electrons. The first kappa shape index (κ1) is 14.8. The van der Waals surface area contributed by atoms with Crippen LogP contribution in [0.4, 0.5) is 0 Å². The van der Waals surface area contributed by atoms with Gasteiger partial charge in [0.15, 0.2) is 0 Å². The normalized spacial score (nSPS) is 19.9. The average molecular weight is 274 g/mol. The summed E-state index contributed by atoms with van der Waals surface area (Å²) in [6.07, 6.45) is 8.57. The van der Waals surface area contributed by atoms with Crippen molar-refractivity contribution in [3.63, 3.8) is 0 Å². The maximum Gasteiger partial charge on any atom is 0.327 e. The van der Waals surface area contributed by atoms with Crippen LogP contribution in [0.25, 0.3) is 0 Å². The van der Waals surface area contributed by atoms with E-state index < -0.39 is 11.6 Å². The molecule has 0 aromatic heterocycles. The van der Waals surface area contributed by atoms with Crippen molar-refractivity contribution in [1.82, 2.24) is 0 Å². The summed E-state index contributed by atoms with van der Waals surface area (Å²) in [5.74, 6) is -0.763. The van der Waals surface area contributed by atoms with Crippen LogP contribution in [0.15, 0.2) is 42.5 Å². The zero-order valence-corrected chi connectivity index (χ0v) is 11.7. The molecule has 0 aliphatic heterocycles. The lowest BCUT2D eigenvalue weighted by molar-refractivity contribution is -0.131. The molecule has 1 aliphatic rings. The third-order valence-electron chi connectivity index (χ3n) is 4.24.